The first-order valence-electron chi connectivity index (χ1n) is 10.9. The Morgan fingerprint density at radius 3 is 1.39 bits per heavy atom. The van der Waals surface area contributed by atoms with Crippen LogP contribution in [0.2, 0.25) is 0 Å². The van der Waals surface area contributed by atoms with Gasteiger partial charge in [-0.3, -0.25) is 0 Å². The number of ether oxygens (including phenoxy) is 1. The summed E-state index contributed by atoms with van der Waals surface area (Å²) in [5, 5.41) is 0. The molecular formula is C29H25NO. The first-order chi connectivity index (χ1) is 15.0. The molecule has 2 nitrogen and oxygen atoms in total. The Hall–Kier alpha value is -3.52. The number of nitrogens with zero attached hydrogens (tertiary/aromatic N) is 1. The lowest BCUT2D eigenvalue weighted by molar-refractivity contribution is 0.431. The first kappa shape index (κ1) is 18.3. The average Bonchev–Trinajstić information content (AvgIpc) is 2.78. The van der Waals surface area contributed by atoms with E-state index in [1.54, 1.807) is 0 Å². The second-order valence-electron chi connectivity index (χ2n) is 9.38. The van der Waals surface area contributed by atoms with E-state index >= 15 is 0 Å². The van der Waals surface area contributed by atoms with Gasteiger partial charge in [-0.25, -0.2) is 0 Å². The van der Waals surface area contributed by atoms with Gasteiger partial charge in [0.1, 0.15) is 11.5 Å². The minimum Gasteiger partial charge on any atom is -0.457 e. The molecule has 0 aliphatic carbocycles. The molecule has 6 rings (SSSR count). The van der Waals surface area contributed by atoms with E-state index in [-0.39, 0.29) is 5.54 Å². The highest BCUT2D eigenvalue weighted by atomic mass is 16.5. The minimum atomic E-state index is -0.430. The summed E-state index contributed by atoms with van der Waals surface area (Å²) in [7, 11) is 0. The van der Waals surface area contributed by atoms with Gasteiger partial charge in [0, 0.05) is 28.0 Å². The van der Waals surface area contributed by atoms with E-state index in [0.29, 0.717) is 0 Å². The van der Waals surface area contributed by atoms with Crippen LogP contribution in [0, 0.1) is 0 Å². The standard InChI is InChI=1S/C29H25NO/c1-28(2,3)30-24-16-8-4-12-20(24)29(21-13-5-9-17-25(21)30)22-14-6-10-18-26(22)31-27-19-11-7-15-23(27)29/h4-19H,1-3H3. The molecule has 4 aromatic rings. The van der Waals surface area contributed by atoms with E-state index in [0.717, 1.165) is 11.5 Å². The molecular weight excluding hydrogens is 378 g/mol. The van der Waals surface area contributed by atoms with E-state index in [1.807, 2.05) is 0 Å². The van der Waals surface area contributed by atoms with Gasteiger partial charge in [0.25, 0.3) is 0 Å². The Balaban J connectivity index is 1.84. The van der Waals surface area contributed by atoms with Gasteiger partial charge in [0.15, 0.2) is 0 Å². The molecule has 0 amide bonds. The molecule has 0 saturated carbocycles. The monoisotopic (exact) mass is 403 g/mol. The zero-order valence-electron chi connectivity index (χ0n) is 18.1. The molecule has 2 heteroatoms. The first-order valence-corrected chi connectivity index (χ1v) is 10.9. The van der Waals surface area contributed by atoms with Crippen LogP contribution in [0.5, 0.6) is 11.5 Å². The highest BCUT2D eigenvalue weighted by Crippen LogP contribution is 2.62. The van der Waals surface area contributed by atoms with Crippen LogP contribution in [0.25, 0.3) is 0 Å². The highest BCUT2D eigenvalue weighted by Gasteiger charge is 2.51. The third-order valence-electron chi connectivity index (χ3n) is 6.57. The number of hydrogen-bond acceptors (Lipinski definition) is 2. The van der Waals surface area contributed by atoms with Crippen molar-refractivity contribution in [2.45, 2.75) is 31.7 Å². The van der Waals surface area contributed by atoms with E-state index < -0.39 is 5.41 Å². The van der Waals surface area contributed by atoms with Crippen molar-refractivity contribution >= 4 is 11.4 Å². The number of para-hydroxylation sites is 4. The lowest BCUT2D eigenvalue weighted by Gasteiger charge is -2.51. The number of rotatable bonds is 0. The minimum absolute atomic E-state index is 0.0714. The number of benzene rings is 4. The predicted octanol–water partition coefficient (Wildman–Crippen LogP) is 7.43. The number of hydrogen-bond donors (Lipinski definition) is 0. The topological polar surface area (TPSA) is 12.5 Å². The Kier molecular flexibility index (Phi) is 3.68. The zero-order chi connectivity index (χ0) is 21.2. The normalized spacial score (nSPS) is 15.4. The molecule has 0 unspecified atom stereocenters. The van der Waals surface area contributed by atoms with Gasteiger partial charge in [0.05, 0.1) is 5.41 Å². The Morgan fingerprint density at radius 2 is 0.935 bits per heavy atom. The van der Waals surface area contributed by atoms with E-state index in [9.17, 15) is 0 Å². The molecule has 2 aliphatic rings. The van der Waals surface area contributed by atoms with Gasteiger partial charge >= 0.3 is 0 Å². The van der Waals surface area contributed by atoms with Crippen LogP contribution in [0.3, 0.4) is 0 Å². The molecule has 0 N–H and O–H groups in total. The lowest BCUT2D eigenvalue weighted by Crippen LogP contribution is -2.46. The smallest absolute Gasteiger partial charge is 0.132 e. The van der Waals surface area contributed by atoms with Crippen molar-refractivity contribution < 1.29 is 4.74 Å². The molecule has 0 atom stereocenters. The maximum atomic E-state index is 6.42. The van der Waals surface area contributed by atoms with Crippen molar-refractivity contribution in [1.29, 1.82) is 0 Å². The SMILES string of the molecule is CC(C)(C)N1c2ccccc2C2(c3ccccc3Oc3ccccc32)c2ccccc21. The van der Waals surface area contributed by atoms with Gasteiger partial charge in [-0.2, -0.15) is 0 Å². The van der Waals surface area contributed by atoms with E-state index in [1.165, 1.54) is 33.6 Å². The van der Waals surface area contributed by atoms with Gasteiger partial charge < -0.3 is 9.64 Å². The fourth-order valence-electron chi connectivity index (χ4n) is 5.54. The summed E-state index contributed by atoms with van der Waals surface area (Å²) in [5.74, 6) is 1.85. The molecule has 152 valence electrons. The molecule has 0 saturated heterocycles. The third-order valence-corrected chi connectivity index (χ3v) is 6.57. The predicted molar refractivity (Wildman–Crippen MR) is 127 cm³/mol. The molecule has 0 fully saturated rings. The van der Waals surface area contributed by atoms with Gasteiger partial charge in [0.2, 0.25) is 0 Å². The summed E-state index contributed by atoms with van der Waals surface area (Å²) in [5.41, 5.74) is 6.99. The third kappa shape index (κ3) is 2.33. The summed E-state index contributed by atoms with van der Waals surface area (Å²) in [6.07, 6.45) is 0. The Morgan fingerprint density at radius 1 is 0.548 bits per heavy atom. The molecule has 2 aliphatic heterocycles. The van der Waals surface area contributed by atoms with Crippen molar-refractivity contribution in [2.24, 2.45) is 0 Å². The number of fused-ring (bicyclic) bond motifs is 8. The van der Waals surface area contributed by atoms with Crippen LogP contribution in [0.4, 0.5) is 11.4 Å². The molecule has 0 radical (unpaired) electrons. The van der Waals surface area contributed by atoms with Crippen molar-refractivity contribution in [3.05, 3.63) is 119 Å². The summed E-state index contributed by atoms with van der Waals surface area (Å²) in [6.45, 7) is 6.85. The quantitative estimate of drug-likeness (QED) is 0.267. The molecule has 2 heterocycles. The van der Waals surface area contributed by atoms with E-state index in [2.05, 4.69) is 123 Å². The van der Waals surface area contributed by atoms with Gasteiger partial charge in [-0.05, 0) is 56.2 Å². The summed E-state index contributed by atoms with van der Waals surface area (Å²) in [6, 6.07) is 34.7. The van der Waals surface area contributed by atoms with Crippen LogP contribution in [0.1, 0.15) is 43.0 Å². The van der Waals surface area contributed by atoms with Crippen molar-refractivity contribution in [2.75, 3.05) is 4.90 Å². The van der Waals surface area contributed by atoms with Crippen molar-refractivity contribution in [3.8, 4) is 11.5 Å². The van der Waals surface area contributed by atoms with Crippen LogP contribution in [-0.4, -0.2) is 5.54 Å². The van der Waals surface area contributed by atoms with Crippen LogP contribution in [0.15, 0.2) is 97.1 Å². The van der Waals surface area contributed by atoms with E-state index in [4.69, 9.17) is 4.74 Å². The Labute approximate surface area is 183 Å². The summed E-state index contributed by atoms with van der Waals surface area (Å²) in [4.78, 5) is 2.49. The maximum absolute atomic E-state index is 6.42. The summed E-state index contributed by atoms with van der Waals surface area (Å²) >= 11 is 0. The number of anilines is 2. The van der Waals surface area contributed by atoms with Crippen LogP contribution >= 0.6 is 0 Å². The molecule has 4 aromatic carbocycles. The Bertz CT molecular complexity index is 1220. The van der Waals surface area contributed by atoms with Gasteiger partial charge in [-0.15, -0.1) is 0 Å². The highest BCUT2D eigenvalue weighted by molar-refractivity contribution is 5.86. The van der Waals surface area contributed by atoms with Gasteiger partial charge in [-0.1, -0.05) is 72.8 Å². The molecule has 0 bridgehead atoms. The fourth-order valence-corrected chi connectivity index (χ4v) is 5.54. The van der Waals surface area contributed by atoms with Crippen molar-refractivity contribution in [3.63, 3.8) is 0 Å². The molecule has 31 heavy (non-hydrogen) atoms. The van der Waals surface area contributed by atoms with Crippen LogP contribution < -0.4 is 9.64 Å². The maximum Gasteiger partial charge on any atom is 0.132 e. The fraction of sp³-hybridized carbons (Fsp3) is 0.172. The zero-order valence-corrected chi connectivity index (χ0v) is 18.1. The second-order valence-corrected chi connectivity index (χ2v) is 9.38. The lowest BCUT2D eigenvalue weighted by atomic mass is 9.61. The largest absolute Gasteiger partial charge is 0.457 e. The molecule has 1 spiro atoms. The summed E-state index contributed by atoms with van der Waals surface area (Å²) < 4.78 is 6.42. The molecule has 0 aromatic heterocycles. The van der Waals surface area contributed by atoms with Crippen LogP contribution in [-0.2, 0) is 5.41 Å². The average molecular weight is 404 g/mol. The second kappa shape index (κ2) is 6.24. The van der Waals surface area contributed by atoms with Crippen molar-refractivity contribution in [1.82, 2.24) is 0 Å².